The van der Waals surface area contributed by atoms with Crippen LogP contribution in [0.1, 0.15) is 39.5 Å². The Hall–Kier alpha value is -0.860. The number of fused-ring (bicyclic) bond motifs is 1. The fraction of sp³-hybridized carbons (Fsp3) is 0.800. The van der Waals surface area contributed by atoms with Crippen molar-refractivity contribution in [2.24, 2.45) is 11.8 Å². The summed E-state index contributed by atoms with van der Waals surface area (Å²) in [6.07, 6.45) is 4.01. The molecular weight excluding hydrogens is 166 g/mol. The van der Waals surface area contributed by atoms with Crippen LogP contribution in [0.15, 0.2) is 0 Å². The molecule has 1 saturated carbocycles. The Kier molecular flexibility index (Phi) is 3.46. The number of imide groups is 1. The predicted octanol–water partition coefficient (Wildman–Crippen LogP) is 1.48. The Morgan fingerprint density at radius 1 is 1.00 bits per heavy atom. The molecule has 0 aromatic carbocycles. The van der Waals surface area contributed by atoms with E-state index in [4.69, 9.17) is 0 Å². The third-order valence-corrected chi connectivity index (χ3v) is 2.69. The predicted molar refractivity (Wildman–Crippen MR) is 49.9 cm³/mol. The van der Waals surface area contributed by atoms with Gasteiger partial charge in [-0.2, -0.15) is 0 Å². The molecule has 2 rings (SSSR count). The summed E-state index contributed by atoms with van der Waals surface area (Å²) in [6.45, 7) is 4.00. The summed E-state index contributed by atoms with van der Waals surface area (Å²) in [5.74, 6) is -0.0631. The number of hydrogen-bond donors (Lipinski definition) is 1. The monoisotopic (exact) mass is 183 g/mol. The molecule has 1 aliphatic heterocycles. The van der Waals surface area contributed by atoms with Gasteiger partial charge in [-0.25, -0.2) is 0 Å². The van der Waals surface area contributed by atoms with Gasteiger partial charge in [-0.3, -0.25) is 14.9 Å². The van der Waals surface area contributed by atoms with Gasteiger partial charge in [0, 0.05) is 11.8 Å². The molecule has 3 nitrogen and oxygen atoms in total. The molecule has 1 aliphatic carbocycles. The van der Waals surface area contributed by atoms with Gasteiger partial charge in [-0.05, 0) is 12.8 Å². The lowest BCUT2D eigenvalue weighted by atomic mass is 9.81. The lowest BCUT2D eigenvalue weighted by Gasteiger charge is -2.19. The fourth-order valence-corrected chi connectivity index (χ4v) is 2.07. The van der Waals surface area contributed by atoms with E-state index in [0.29, 0.717) is 0 Å². The van der Waals surface area contributed by atoms with Crippen LogP contribution in [0.25, 0.3) is 0 Å². The van der Waals surface area contributed by atoms with Crippen LogP contribution in [-0.4, -0.2) is 11.8 Å². The van der Waals surface area contributed by atoms with Crippen LogP contribution in [-0.2, 0) is 9.59 Å². The van der Waals surface area contributed by atoms with Gasteiger partial charge in [0.15, 0.2) is 0 Å². The number of amides is 2. The highest BCUT2D eigenvalue weighted by molar-refractivity contribution is 6.05. The zero-order chi connectivity index (χ0) is 9.84. The summed E-state index contributed by atoms with van der Waals surface area (Å²) in [4.78, 5) is 22.2. The molecule has 0 aromatic heterocycles. The summed E-state index contributed by atoms with van der Waals surface area (Å²) in [5, 5.41) is 2.38. The summed E-state index contributed by atoms with van der Waals surface area (Å²) in [7, 11) is 0. The summed E-state index contributed by atoms with van der Waals surface area (Å²) in [5.41, 5.74) is 0. The van der Waals surface area contributed by atoms with Crippen LogP contribution in [0.5, 0.6) is 0 Å². The minimum Gasteiger partial charge on any atom is -0.296 e. The van der Waals surface area contributed by atoms with Crippen LogP contribution in [0.2, 0.25) is 0 Å². The summed E-state index contributed by atoms with van der Waals surface area (Å²) in [6, 6.07) is 0. The summed E-state index contributed by atoms with van der Waals surface area (Å²) < 4.78 is 0. The molecule has 74 valence electrons. The highest BCUT2D eigenvalue weighted by Crippen LogP contribution is 2.33. The van der Waals surface area contributed by atoms with Crippen LogP contribution >= 0.6 is 0 Å². The van der Waals surface area contributed by atoms with Crippen molar-refractivity contribution < 1.29 is 9.59 Å². The molecule has 13 heavy (non-hydrogen) atoms. The van der Waals surface area contributed by atoms with E-state index in [2.05, 4.69) is 5.32 Å². The Balaban J connectivity index is 0.000000396. The van der Waals surface area contributed by atoms with E-state index >= 15 is 0 Å². The molecule has 0 spiro atoms. The molecule has 1 heterocycles. The first kappa shape index (κ1) is 10.2. The van der Waals surface area contributed by atoms with Gasteiger partial charge in [-0.1, -0.05) is 26.7 Å². The van der Waals surface area contributed by atoms with Crippen molar-refractivity contribution in [3.05, 3.63) is 0 Å². The molecule has 2 atom stereocenters. The molecule has 1 unspecified atom stereocenters. The van der Waals surface area contributed by atoms with E-state index < -0.39 is 0 Å². The molecule has 2 fully saturated rings. The lowest BCUT2D eigenvalue weighted by molar-refractivity contribution is -0.126. The molecule has 2 amide bonds. The van der Waals surface area contributed by atoms with Crippen molar-refractivity contribution in [1.82, 2.24) is 5.32 Å². The molecule has 0 aromatic rings. The molecular formula is C10H17NO2. The number of carbonyl (C=O) groups is 2. The second kappa shape index (κ2) is 4.40. The second-order valence-electron chi connectivity index (χ2n) is 3.35. The molecule has 0 radical (unpaired) electrons. The van der Waals surface area contributed by atoms with E-state index in [1.165, 1.54) is 0 Å². The smallest absolute Gasteiger partial charge is 0.230 e. The summed E-state index contributed by atoms with van der Waals surface area (Å²) >= 11 is 0. The molecule has 0 bridgehead atoms. The molecule has 1 saturated heterocycles. The van der Waals surface area contributed by atoms with E-state index in [1.54, 1.807) is 0 Å². The quantitative estimate of drug-likeness (QED) is 0.578. The van der Waals surface area contributed by atoms with E-state index in [1.807, 2.05) is 13.8 Å². The molecule has 3 heteroatoms. The maximum atomic E-state index is 11.1. The van der Waals surface area contributed by atoms with Crippen LogP contribution < -0.4 is 5.32 Å². The SMILES string of the molecule is CC.O=C1NC(=O)[C@H]2CCCCC12. The Labute approximate surface area is 78.9 Å². The van der Waals surface area contributed by atoms with Gasteiger partial charge in [0.05, 0.1) is 0 Å². The largest absolute Gasteiger partial charge is 0.296 e. The second-order valence-corrected chi connectivity index (χ2v) is 3.35. The van der Waals surface area contributed by atoms with Gasteiger partial charge >= 0.3 is 0 Å². The average Bonchev–Trinajstić information content (AvgIpc) is 2.47. The average molecular weight is 183 g/mol. The first-order valence-corrected chi connectivity index (χ1v) is 5.14. The van der Waals surface area contributed by atoms with Crippen molar-refractivity contribution in [2.75, 3.05) is 0 Å². The number of rotatable bonds is 0. The van der Waals surface area contributed by atoms with E-state index in [0.717, 1.165) is 25.7 Å². The number of hydrogen-bond acceptors (Lipinski definition) is 2. The van der Waals surface area contributed by atoms with Gasteiger partial charge in [0.25, 0.3) is 0 Å². The minimum atomic E-state index is -0.0419. The first-order valence-electron chi connectivity index (χ1n) is 5.14. The zero-order valence-corrected chi connectivity index (χ0v) is 8.30. The maximum Gasteiger partial charge on any atom is 0.230 e. The number of carbonyl (C=O) groups excluding carboxylic acids is 2. The van der Waals surface area contributed by atoms with Crippen molar-refractivity contribution in [2.45, 2.75) is 39.5 Å². The van der Waals surface area contributed by atoms with Gasteiger partial charge in [-0.15, -0.1) is 0 Å². The van der Waals surface area contributed by atoms with Crippen molar-refractivity contribution in [3.63, 3.8) is 0 Å². The maximum absolute atomic E-state index is 11.1. The van der Waals surface area contributed by atoms with Crippen molar-refractivity contribution >= 4 is 11.8 Å². The fourth-order valence-electron chi connectivity index (χ4n) is 2.07. The van der Waals surface area contributed by atoms with Crippen LogP contribution in [0.4, 0.5) is 0 Å². The molecule has 2 aliphatic rings. The Bertz CT molecular complexity index is 191. The third-order valence-electron chi connectivity index (χ3n) is 2.69. The van der Waals surface area contributed by atoms with Crippen molar-refractivity contribution in [1.29, 1.82) is 0 Å². The third kappa shape index (κ3) is 1.90. The topological polar surface area (TPSA) is 46.2 Å². The highest BCUT2D eigenvalue weighted by atomic mass is 16.2. The van der Waals surface area contributed by atoms with Crippen LogP contribution in [0, 0.1) is 11.8 Å². The standard InChI is InChI=1S/C8H11NO2.C2H6/c10-7-5-3-1-2-4-6(5)8(11)9-7;1-2/h5-6H,1-4H2,(H,9,10,11);1-2H3/t5-,6?;/m0./s1. The minimum absolute atomic E-state index is 0.0104. The van der Waals surface area contributed by atoms with Crippen LogP contribution in [0.3, 0.4) is 0 Å². The highest BCUT2D eigenvalue weighted by Gasteiger charge is 2.42. The Morgan fingerprint density at radius 3 is 1.77 bits per heavy atom. The van der Waals surface area contributed by atoms with Gasteiger partial charge in [0.2, 0.25) is 11.8 Å². The molecule has 1 N–H and O–H groups in total. The van der Waals surface area contributed by atoms with E-state index in [9.17, 15) is 9.59 Å². The van der Waals surface area contributed by atoms with E-state index in [-0.39, 0.29) is 23.7 Å². The van der Waals surface area contributed by atoms with Gasteiger partial charge < -0.3 is 0 Å². The van der Waals surface area contributed by atoms with Crippen molar-refractivity contribution in [3.8, 4) is 0 Å². The lowest BCUT2D eigenvalue weighted by Crippen LogP contribution is -2.21. The Morgan fingerprint density at radius 2 is 1.38 bits per heavy atom. The number of nitrogens with one attached hydrogen (secondary N) is 1. The zero-order valence-electron chi connectivity index (χ0n) is 8.30. The van der Waals surface area contributed by atoms with Gasteiger partial charge in [0.1, 0.15) is 0 Å². The first-order chi connectivity index (χ1) is 6.29. The normalized spacial score (nSPS) is 31.5.